The third kappa shape index (κ3) is 4.96. The Balaban J connectivity index is 1.58. The Bertz CT molecular complexity index is 1430. The molecule has 0 spiro atoms. The molecule has 37 heavy (non-hydrogen) atoms. The van der Waals surface area contributed by atoms with Gasteiger partial charge in [0.2, 0.25) is 0 Å². The second-order valence-corrected chi connectivity index (χ2v) is 10.1. The molecule has 1 saturated heterocycles. The number of carbonyl (C=O) groups excluding carboxylic acids is 1. The van der Waals surface area contributed by atoms with Crippen LogP contribution in [-0.2, 0) is 4.74 Å². The zero-order valence-corrected chi connectivity index (χ0v) is 21.2. The average molecular weight is 507 g/mol. The number of aromatic nitrogens is 4. The van der Waals surface area contributed by atoms with E-state index in [1.54, 1.807) is 21.9 Å². The zero-order chi connectivity index (χ0) is 26.3. The van der Waals surface area contributed by atoms with Crippen molar-refractivity contribution in [2.45, 2.75) is 39.3 Å². The molecule has 0 N–H and O–H groups in total. The summed E-state index contributed by atoms with van der Waals surface area (Å²) in [7, 11) is 0. The van der Waals surface area contributed by atoms with Gasteiger partial charge in [-0.05, 0) is 57.5 Å². The SMILES string of the molecule is C[C@@H]1CN(c2ncnc3c2c(-c2ccncc2)cn3-c2cc(F)cc(F)c2)CCN1C(=O)OC(C)(C)C. The lowest BCUT2D eigenvalue weighted by atomic mass is 10.1. The monoisotopic (exact) mass is 506 g/mol. The maximum Gasteiger partial charge on any atom is 0.410 e. The van der Waals surface area contributed by atoms with Crippen molar-refractivity contribution in [3.8, 4) is 16.8 Å². The molecule has 0 saturated carbocycles. The normalized spacial score (nSPS) is 16.3. The number of amides is 1. The summed E-state index contributed by atoms with van der Waals surface area (Å²) in [6, 6.07) is 6.98. The fraction of sp³-hybridized carbons (Fsp3) is 0.333. The Morgan fingerprint density at radius 1 is 1.05 bits per heavy atom. The van der Waals surface area contributed by atoms with Gasteiger partial charge in [-0.15, -0.1) is 0 Å². The van der Waals surface area contributed by atoms with Crippen molar-refractivity contribution < 1.29 is 18.3 Å². The predicted molar refractivity (Wildman–Crippen MR) is 137 cm³/mol. The van der Waals surface area contributed by atoms with Gasteiger partial charge in [-0.1, -0.05) is 0 Å². The van der Waals surface area contributed by atoms with E-state index in [4.69, 9.17) is 4.74 Å². The van der Waals surface area contributed by atoms with Crippen molar-refractivity contribution >= 4 is 22.9 Å². The molecule has 1 aliphatic heterocycles. The standard InChI is InChI=1S/C27H28F2N6O2/c1-17-14-33(9-10-34(17)26(36)37-27(2,3)4)24-23-22(18-5-7-30-8-6-18)15-35(25(23)32-16-31-24)21-12-19(28)11-20(29)13-21/h5-8,11-13,15-17H,9-10,14H2,1-4H3/t17-/m1/s1. The second kappa shape index (κ2) is 9.42. The topological polar surface area (TPSA) is 76.4 Å². The summed E-state index contributed by atoms with van der Waals surface area (Å²) >= 11 is 0. The van der Waals surface area contributed by atoms with Gasteiger partial charge in [0.25, 0.3) is 0 Å². The summed E-state index contributed by atoms with van der Waals surface area (Å²) in [5.74, 6) is -0.671. The summed E-state index contributed by atoms with van der Waals surface area (Å²) in [4.78, 5) is 29.8. The van der Waals surface area contributed by atoms with Gasteiger partial charge < -0.3 is 19.1 Å². The molecule has 1 aromatic carbocycles. The summed E-state index contributed by atoms with van der Waals surface area (Å²) in [5, 5.41) is 0.747. The third-order valence-corrected chi connectivity index (χ3v) is 6.23. The number of piperazine rings is 1. The Labute approximate surface area is 213 Å². The van der Waals surface area contributed by atoms with Crippen LogP contribution in [0.3, 0.4) is 0 Å². The van der Waals surface area contributed by atoms with Crippen molar-refractivity contribution in [1.29, 1.82) is 0 Å². The van der Waals surface area contributed by atoms with Crippen molar-refractivity contribution in [1.82, 2.24) is 24.4 Å². The van der Waals surface area contributed by atoms with Crippen molar-refractivity contribution in [2.24, 2.45) is 0 Å². The highest BCUT2D eigenvalue weighted by molar-refractivity contribution is 6.02. The van der Waals surface area contributed by atoms with E-state index >= 15 is 0 Å². The number of anilines is 1. The summed E-state index contributed by atoms with van der Waals surface area (Å²) < 4.78 is 35.5. The quantitative estimate of drug-likeness (QED) is 0.380. The first-order valence-electron chi connectivity index (χ1n) is 12.1. The molecule has 8 nitrogen and oxygen atoms in total. The van der Waals surface area contributed by atoms with E-state index in [2.05, 4.69) is 19.9 Å². The highest BCUT2D eigenvalue weighted by atomic mass is 19.1. The molecule has 1 atom stereocenters. The maximum absolute atomic E-state index is 14.1. The summed E-state index contributed by atoms with van der Waals surface area (Å²) in [6.45, 7) is 9.03. The first-order chi connectivity index (χ1) is 17.6. The number of nitrogens with zero attached hydrogens (tertiary/aromatic N) is 6. The van der Waals surface area contributed by atoms with Gasteiger partial charge in [-0.25, -0.2) is 23.5 Å². The molecule has 1 amide bonds. The molecule has 0 unspecified atom stereocenters. The third-order valence-electron chi connectivity index (χ3n) is 6.23. The zero-order valence-electron chi connectivity index (χ0n) is 21.2. The molecule has 0 bridgehead atoms. The molecule has 0 aliphatic carbocycles. The molecule has 0 radical (unpaired) electrons. The van der Waals surface area contributed by atoms with E-state index in [0.717, 1.165) is 22.6 Å². The van der Waals surface area contributed by atoms with E-state index < -0.39 is 17.2 Å². The number of rotatable bonds is 3. The molecule has 4 heterocycles. The molecule has 192 valence electrons. The molecule has 4 aromatic rings. The van der Waals surface area contributed by atoms with E-state index in [9.17, 15) is 13.6 Å². The lowest BCUT2D eigenvalue weighted by molar-refractivity contribution is 0.0158. The smallest absolute Gasteiger partial charge is 0.410 e. The van der Waals surface area contributed by atoms with Crippen LogP contribution in [0.4, 0.5) is 19.4 Å². The number of halogens is 2. The van der Waals surface area contributed by atoms with E-state index in [0.29, 0.717) is 36.8 Å². The summed E-state index contributed by atoms with van der Waals surface area (Å²) in [6.07, 6.45) is 6.29. The highest BCUT2D eigenvalue weighted by Crippen LogP contribution is 2.37. The average Bonchev–Trinajstić information content (AvgIpc) is 3.23. The van der Waals surface area contributed by atoms with Crippen molar-refractivity contribution in [2.75, 3.05) is 24.5 Å². The van der Waals surface area contributed by atoms with Crippen LogP contribution in [0, 0.1) is 11.6 Å². The number of hydrogen-bond acceptors (Lipinski definition) is 6. The van der Waals surface area contributed by atoms with Gasteiger partial charge in [-0.2, -0.15) is 0 Å². The maximum atomic E-state index is 14.1. The highest BCUT2D eigenvalue weighted by Gasteiger charge is 2.32. The number of benzene rings is 1. The summed E-state index contributed by atoms with van der Waals surface area (Å²) in [5.41, 5.74) is 1.93. The van der Waals surface area contributed by atoms with Crippen LogP contribution in [0.15, 0.2) is 55.2 Å². The van der Waals surface area contributed by atoms with Gasteiger partial charge >= 0.3 is 6.09 Å². The Morgan fingerprint density at radius 2 is 1.76 bits per heavy atom. The molecule has 1 aliphatic rings. The minimum atomic E-state index is -0.677. The number of ether oxygens (including phenoxy) is 1. The van der Waals surface area contributed by atoms with E-state index in [1.165, 1.54) is 18.5 Å². The molecule has 10 heteroatoms. The Hall–Kier alpha value is -4.08. The van der Waals surface area contributed by atoms with Crippen LogP contribution in [0.25, 0.3) is 27.8 Å². The number of pyridine rings is 1. The predicted octanol–water partition coefficient (Wildman–Crippen LogP) is 5.21. The second-order valence-electron chi connectivity index (χ2n) is 10.1. The van der Waals surface area contributed by atoms with Crippen LogP contribution in [0.2, 0.25) is 0 Å². The molecule has 5 rings (SSSR count). The Kier molecular flexibility index (Phi) is 6.26. The van der Waals surface area contributed by atoms with Crippen LogP contribution >= 0.6 is 0 Å². The van der Waals surface area contributed by atoms with Crippen LogP contribution in [0.1, 0.15) is 27.7 Å². The molecule has 1 fully saturated rings. The molecular formula is C27H28F2N6O2. The van der Waals surface area contributed by atoms with Gasteiger partial charge in [0, 0.05) is 55.9 Å². The van der Waals surface area contributed by atoms with Crippen LogP contribution in [0.5, 0.6) is 0 Å². The fourth-order valence-electron chi connectivity index (χ4n) is 4.65. The first kappa shape index (κ1) is 24.6. The van der Waals surface area contributed by atoms with E-state index in [1.807, 2.05) is 46.0 Å². The van der Waals surface area contributed by atoms with Gasteiger partial charge in [-0.3, -0.25) is 4.98 Å². The minimum Gasteiger partial charge on any atom is -0.444 e. The fourth-order valence-corrected chi connectivity index (χ4v) is 4.65. The number of carbonyl (C=O) groups is 1. The number of fused-ring (bicyclic) bond motifs is 1. The lowest BCUT2D eigenvalue weighted by Crippen LogP contribution is -2.55. The Morgan fingerprint density at radius 3 is 2.41 bits per heavy atom. The first-order valence-corrected chi connectivity index (χ1v) is 12.1. The largest absolute Gasteiger partial charge is 0.444 e. The van der Waals surface area contributed by atoms with Crippen LogP contribution < -0.4 is 4.90 Å². The van der Waals surface area contributed by atoms with E-state index in [-0.39, 0.29) is 12.1 Å². The van der Waals surface area contributed by atoms with Crippen molar-refractivity contribution in [3.63, 3.8) is 0 Å². The number of hydrogen-bond donors (Lipinski definition) is 0. The van der Waals surface area contributed by atoms with Gasteiger partial charge in [0.15, 0.2) is 5.65 Å². The minimum absolute atomic E-state index is 0.127. The molecule has 3 aromatic heterocycles. The lowest BCUT2D eigenvalue weighted by Gasteiger charge is -2.40. The molecular weight excluding hydrogens is 478 g/mol. The van der Waals surface area contributed by atoms with Crippen molar-refractivity contribution in [3.05, 3.63) is 66.9 Å². The van der Waals surface area contributed by atoms with Gasteiger partial charge in [0.05, 0.1) is 11.1 Å². The van der Waals surface area contributed by atoms with Gasteiger partial charge in [0.1, 0.15) is 29.4 Å². The van der Waals surface area contributed by atoms with Crippen LogP contribution in [-0.4, -0.2) is 61.8 Å².